The number of aromatic nitrogens is 4. The zero-order valence-corrected chi connectivity index (χ0v) is 22.7. The van der Waals surface area contributed by atoms with Crippen LogP contribution in [-0.4, -0.2) is 76.4 Å². The zero-order valence-electron chi connectivity index (χ0n) is 21.1. The number of fused-ring (bicyclic) bond motifs is 3. The van der Waals surface area contributed by atoms with Crippen LogP contribution in [0.3, 0.4) is 0 Å². The number of sulfonamides is 1. The summed E-state index contributed by atoms with van der Waals surface area (Å²) in [6.07, 6.45) is 2.83. The molecule has 4 atom stereocenters. The van der Waals surface area contributed by atoms with Crippen LogP contribution < -0.4 is 15.5 Å². The van der Waals surface area contributed by atoms with E-state index in [0.29, 0.717) is 37.7 Å². The molecule has 6 heterocycles. The molecule has 37 heavy (non-hydrogen) atoms. The molecular weight excluding hydrogens is 510 g/mol. The molecule has 1 unspecified atom stereocenters. The number of aryl methyl sites for hydroxylation is 2. The van der Waals surface area contributed by atoms with Crippen LogP contribution in [-0.2, 0) is 10.0 Å². The number of anilines is 3. The van der Waals surface area contributed by atoms with Gasteiger partial charge in [0, 0.05) is 54.9 Å². The molecule has 0 aromatic carbocycles. The van der Waals surface area contributed by atoms with Gasteiger partial charge in [0.05, 0.1) is 22.6 Å². The van der Waals surface area contributed by atoms with Crippen molar-refractivity contribution in [3.05, 3.63) is 22.7 Å². The van der Waals surface area contributed by atoms with E-state index in [0.717, 1.165) is 39.4 Å². The van der Waals surface area contributed by atoms with Crippen molar-refractivity contribution in [2.45, 2.75) is 62.9 Å². The fourth-order valence-electron chi connectivity index (χ4n) is 5.83. The summed E-state index contributed by atoms with van der Waals surface area (Å²) in [6, 6.07) is 6.63. The number of H-pyrrole nitrogens is 1. The molecule has 3 aliphatic rings. The van der Waals surface area contributed by atoms with E-state index >= 15 is 0 Å². The molecule has 0 saturated carbocycles. The van der Waals surface area contributed by atoms with Crippen LogP contribution in [0.5, 0.6) is 0 Å². The number of thiophene rings is 1. The second kappa shape index (κ2) is 9.20. The summed E-state index contributed by atoms with van der Waals surface area (Å²) in [5.41, 5.74) is 0.965. The predicted octanol–water partition coefficient (Wildman–Crippen LogP) is 2.65. The summed E-state index contributed by atoms with van der Waals surface area (Å²) in [6.45, 7) is 4.69. The van der Waals surface area contributed by atoms with Crippen molar-refractivity contribution in [2.75, 3.05) is 30.4 Å². The van der Waals surface area contributed by atoms with Crippen LogP contribution in [0.15, 0.2) is 12.1 Å². The van der Waals surface area contributed by atoms with Crippen LogP contribution >= 0.6 is 11.3 Å². The topological polar surface area (TPSA) is 143 Å². The van der Waals surface area contributed by atoms with Crippen LogP contribution in [0, 0.1) is 31.1 Å². The predicted molar refractivity (Wildman–Crippen MR) is 144 cm³/mol. The van der Waals surface area contributed by atoms with Crippen LogP contribution in [0.2, 0.25) is 0 Å². The van der Waals surface area contributed by atoms with Gasteiger partial charge in [0.1, 0.15) is 10.6 Å². The van der Waals surface area contributed by atoms with E-state index in [1.807, 2.05) is 20.0 Å². The summed E-state index contributed by atoms with van der Waals surface area (Å²) in [4.78, 5) is 14.0. The van der Waals surface area contributed by atoms with Crippen molar-refractivity contribution in [3.8, 4) is 6.07 Å². The van der Waals surface area contributed by atoms with Crippen molar-refractivity contribution in [3.63, 3.8) is 0 Å². The Morgan fingerprint density at radius 3 is 2.54 bits per heavy atom. The Hall–Kier alpha value is -2.79. The minimum Gasteiger partial charge on any atom is -0.341 e. The zero-order chi connectivity index (χ0) is 25.9. The van der Waals surface area contributed by atoms with E-state index in [-0.39, 0.29) is 29.3 Å². The molecule has 0 aliphatic carbocycles. The Bertz CT molecular complexity index is 1460. The molecule has 0 spiro atoms. The summed E-state index contributed by atoms with van der Waals surface area (Å²) < 4.78 is 27.8. The lowest BCUT2D eigenvalue weighted by molar-refractivity contribution is 0.204. The molecule has 6 rings (SSSR count). The normalized spacial score (nSPS) is 26.5. The van der Waals surface area contributed by atoms with E-state index < -0.39 is 10.0 Å². The Labute approximate surface area is 220 Å². The number of nitrogens with one attached hydrogen (secondary N) is 3. The second-order valence-corrected chi connectivity index (χ2v) is 14.0. The SMILES string of the molecule is Cc1cc(Nc2nc(N(C)[C@@H]3C[C@H]4CC(S(=O)(=O)N5CC(C#N)C5)C[C@@H](C3)N4)nc3sc(C)cc23)n[nH]1. The number of nitrogens with zero attached hydrogens (tertiary/aromatic N) is 6. The Morgan fingerprint density at radius 1 is 1.16 bits per heavy atom. The highest BCUT2D eigenvalue weighted by Gasteiger charge is 2.46. The highest BCUT2D eigenvalue weighted by molar-refractivity contribution is 7.89. The van der Waals surface area contributed by atoms with E-state index in [1.54, 1.807) is 11.3 Å². The van der Waals surface area contributed by atoms with Gasteiger partial charge in [0.25, 0.3) is 0 Å². The molecule has 196 valence electrons. The molecule has 3 saturated heterocycles. The molecule has 3 fully saturated rings. The first-order valence-electron chi connectivity index (χ1n) is 12.6. The summed E-state index contributed by atoms with van der Waals surface area (Å²) in [5, 5.41) is 23.9. The number of piperidine rings is 2. The van der Waals surface area contributed by atoms with Gasteiger partial charge in [-0.2, -0.15) is 19.6 Å². The van der Waals surface area contributed by atoms with Crippen molar-refractivity contribution < 1.29 is 8.42 Å². The Kier molecular flexibility index (Phi) is 6.10. The van der Waals surface area contributed by atoms with E-state index in [2.05, 4.69) is 44.8 Å². The molecule has 3 aliphatic heterocycles. The quantitative estimate of drug-likeness (QED) is 0.429. The molecule has 3 aromatic heterocycles. The average Bonchev–Trinajstić information content (AvgIpc) is 3.41. The maximum atomic E-state index is 13.2. The van der Waals surface area contributed by atoms with Gasteiger partial charge in [-0.3, -0.25) is 5.10 Å². The maximum Gasteiger partial charge on any atom is 0.228 e. The Morgan fingerprint density at radius 2 is 1.89 bits per heavy atom. The number of rotatable bonds is 6. The lowest BCUT2D eigenvalue weighted by Crippen LogP contribution is -2.61. The van der Waals surface area contributed by atoms with Gasteiger partial charge in [0.2, 0.25) is 16.0 Å². The van der Waals surface area contributed by atoms with Crippen molar-refractivity contribution in [1.82, 2.24) is 29.8 Å². The van der Waals surface area contributed by atoms with Gasteiger partial charge in [-0.25, -0.2) is 13.4 Å². The van der Waals surface area contributed by atoms with Crippen LogP contribution in [0.1, 0.15) is 36.3 Å². The monoisotopic (exact) mass is 541 g/mol. The fourth-order valence-corrected chi connectivity index (χ4v) is 8.85. The third-order valence-electron chi connectivity index (χ3n) is 7.81. The lowest BCUT2D eigenvalue weighted by Gasteiger charge is -2.47. The van der Waals surface area contributed by atoms with Crippen LogP contribution in [0.25, 0.3) is 10.2 Å². The van der Waals surface area contributed by atoms with Gasteiger partial charge < -0.3 is 15.5 Å². The Balaban J connectivity index is 1.20. The number of nitriles is 1. The molecule has 3 aromatic rings. The van der Waals surface area contributed by atoms with Gasteiger partial charge in [-0.15, -0.1) is 11.3 Å². The molecule has 11 nitrogen and oxygen atoms in total. The summed E-state index contributed by atoms with van der Waals surface area (Å²) >= 11 is 1.64. The molecular formula is C24H31N9O2S2. The van der Waals surface area contributed by atoms with Gasteiger partial charge >= 0.3 is 0 Å². The van der Waals surface area contributed by atoms with Crippen LogP contribution in [0.4, 0.5) is 17.6 Å². The van der Waals surface area contributed by atoms with Crippen molar-refractivity contribution in [1.29, 1.82) is 5.26 Å². The second-order valence-electron chi connectivity index (χ2n) is 10.6. The molecule has 0 amide bonds. The first kappa shape index (κ1) is 24.5. The minimum absolute atomic E-state index is 0.116. The third kappa shape index (κ3) is 4.56. The van der Waals surface area contributed by atoms with Gasteiger partial charge in [-0.1, -0.05) is 0 Å². The number of hydrogen-bond donors (Lipinski definition) is 3. The van der Waals surface area contributed by atoms with Crippen molar-refractivity contribution in [2.24, 2.45) is 5.92 Å². The smallest absolute Gasteiger partial charge is 0.228 e. The summed E-state index contributed by atoms with van der Waals surface area (Å²) in [5.74, 6) is 1.92. The largest absolute Gasteiger partial charge is 0.341 e. The molecule has 0 radical (unpaired) electrons. The number of aromatic amines is 1. The minimum atomic E-state index is -3.37. The van der Waals surface area contributed by atoms with Crippen molar-refractivity contribution >= 4 is 49.2 Å². The highest BCUT2D eigenvalue weighted by Crippen LogP contribution is 2.37. The first-order chi connectivity index (χ1) is 17.7. The van der Waals surface area contributed by atoms with Gasteiger partial charge in [0.15, 0.2) is 5.82 Å². The molecule has 3 N–H and O–H groups in total. The summed E-state index contributed by atoms with van der Waals surface area (Å²) in [7, 11) is -1.33. The number of hydrogen-bond acceptors (Lipinski definition) is 10. The van der Waals surface area contributed by atoms with E-state index in [4.69, 9.17) is 15.2 Å². The maximum absolute atomic E-state index is 13.2. The molecule has 13 heteroatoms. The third-order valence-corrected chi connectivity index (χ3v) is 11.0. The van der Waals surface area contributed by atoms with E-state index in [1.165, 1.54) is 4.31 Å². The average molecular weight is 542 g/mol. The standard InChI is InChI=1S/C24H31N9O2S2/c1-13-4-21(31-30-13)27-22-20-5-14(2)36-23(20)29-24(28-22)32(3)18-6-16-8-19(9-17(7-18)26-16)37(34,35)33-11-15(10-25)12-33/h4-5,15-19,26H,6-9,11-12H2,1-3H3,(H2,27,28,29,30,31)/t16-,17+,18+,19?. The van der Waals surface area contributed by atoms with E-state index in [9.17, 15) is 8.42 Å². The lowest BCUT2D eigenvalue weighted by atomic mass is 9.83. The molecule has 2 bridgehead atoms. The highest BCUT2D eigenvalue weighted by atomic mass is 32.2. The first-order valence-corrected chi connectivity index (χ1v) is 15.0. The van der Waals surface area contributed by atoms with Gasteiger partial charge in [-0.05, 0) is 45.6 Å². The fraction of sp³-hybridized carbons (Fsp3) is 0.583.